The first-order chi connectivity index (χ1) is 9.74. The van der Waals surface area contributed by atoms with E-state index in [4.69, 9.17) is 4.74 Å². The number of fused-ring (bicyclic) bond motifs is 1. The Morgan fingerprint density at radius 1 is 1.15 bits per heavy atom. The summed E-state index contributed by atoms with van der Waals surface area (Å²) in [6.45, 7) is 0. The maximum Gasteiger partial charge on any atom is 0.131 e. The number of hydrogen-bond donors (Lipinski definition) is 1. The summed E-state index contributed by atoms with van der Waals surface area (Å²) in [6, 6.07) is 8.19. The normalized spacial score (nSPS) is 16.5. The average molecular weight is 287 g/mol. The fourth-order valence-corrected chi connectivity index (χ4v) is 2.89. The lowest BCUT2D eigenvalue weighted by Crippen LogP contribution is -2.21. The molecule has 2 aliphatic rings. The Morgan fingerprint density at radius 2 is 1.95 bits per heavy atom. The maximum atomic E-state index is 5.16. The van der Waals surface area contributed by atoms with Crippen LogP contribution in [0.4, 0.5) is 0 Å². The zero-order chi connectivity index (χ0) is 13.9. The van der Waals surface area contributed by atoms with E-state index in [9.17, 15) is 0 Å². The van der Waals surface area contributed by atoms with Crippen molar-refractivity contribution in [1.29, 1.82) is 0 Å². The van der Waals surface area contributed by atoms with Crippen LogP contribution in [0, 0.1) is 0 Å². The number of hydrogen-bond acceptors (Lipinski definition) is 5. The third-order valence-electron chi connectivity index (χ3n) is 3.13. The van der Waals surface area contributed by atoms with E-state index in [1.807, 2.05) is 36.5 Å². The van der Waals surface area contributed by atoms with Crippen LogP contribution >= 0.6 is 11.8 Å². The summed E-state index contributed by atoms with van der Waals surface area (Å²) >= 11 is 1.79. The summed E-state index contributed by atoms with van der Waals surface area (Å²) in [5.41, 5.74) is 1.28. The summed E-state index contributed by atoms with van der Waals surface area (Å²) in [5, 5.41) is 4.57. The smallest absolute Gasteiger partial charge is 0.131 e. The largest absolute Gasteiger partial charge is 0.497 e. The fraction of sp³-hybridized carbons (Fsp3) is 0.200. The second kappa shape index (κ2) is 5.54. The van der Waals surface area contributed by atoms with Crippen LogP contribution in [0.5, 0.6) is 5.75 Å². The SMILES string of the molecule is COc1ccc(CSC2=CN3C=CN(C)C=C3N2)cc1. The summed E-state index contributed by atoms with van der Waals surface area (Å²) in [6.07, 6.45) is 8.25. The summed E-state index contributed by atoms with van der Waals surface area (Å²) in [5.74, 6) is 2.92. The highest BCUT2D eigenvalue weighted by molar-refractivity contribution is 8.02. The minimum Gasteiger partial charge on any atom is -0.497 e. The molecule has 0 aliphatic carbocycles. The van der Waals surface area contributed by atoms with Crippen LogP contribution in [0.3, 0.4) is 0 Å². The van der Waals surface area contributed by atoms with Crippen molar-refractivity contribution in [2.24, 2.45) is 0 Å². The summed E-state index contributed by atoms with van der Waals surface area (Å²) in [4.78, 5) is 4.13. The van der Waals surface area contributed by atoms with Crippen molar-refractivity contribution in [1.82, 2.24) is 15.1 Å². The number of nitrogens with zero attached hydrogens (tertiary/aromatic N) is 2. The molecule has 0 saturated heterocycles. The predicted molar refractivity (Wildman–Crippen MR) is 82.3 cm³/mol. The van der Waals surface area contributed by atoms with E-state index < -0.39 is 0 Å². The molecule has 0 saturated carbocycles. The van der Waals surface area contributed by atoms with Gasteiger partial charge in [0, 0.05) is 37.6 Å². The molecule has 0 amide bonds. The first-order valence-corrected chi connectivity index (χ1v) is 7.38. The van der Waals surface area contributed by atoms with Crippen molar-refractivity contribution in [3.05, 3.63) is 65.5 Å². The van der Waals surface area contributed by atoms with Crippen molar-refractivity contribution in [3.8, 4) is 5.75 Å². The van der Waals surface area contributed by atoms with Crippen LogP contribution in [0.2, 0.25) is 0 Å². The third kappa shape index (κ3) is 2.77. The van der Waals surface area contributed by atoms with Gasteiger partial charge in [0.25, 0.3) is 0 Å². The Labute approximate surface area is 123 Å². The van der Waals surface area contributed by atoms with Gasteiger partial charge >= 0.3 is 0 Å². The number of nitrogens with one attached hydrogen (secondary N) is 1. The highest BCUT2D eigenvalue weighted by Crippen LogP contribution is 2.28. The topological polar surface area (TPSA) is 27.7 Å². The molecule has 20 heavy (non-hydrogen) atoms. The molecule has 0 unspecified atom stereocenters. The van der Waals surface area contributed by atoms with Crippen molar-refractivity contribution in [2.45, 2.75) is 5.75 Å². The van der Waals surface area contributed by atoms with Gasteiger partial charge < -0.3 is 19.9 Å². The van der Waals surface area contributed by atoms with Gasteiger partial charge in [-0.15, -0.1) is 11.8 Å². The molecule has 0 radical (unpaired) electrons. The average Bonchev–Trinajstić information content (AvgIpc) is 2.87. The number of ether oxygens (including phenoxy) is 1. The monoisotopic (exact) mass is 287 g/mol. The van der Waals surface area contributed by atoms with Gasteiger partial charge in [0.2, 0.25) is 0 Å². The van der Waals surface area contributed by atoms with Crippen molar-refractivity contribution < 1.29 is 4.74 Å². The molecule has 0 aromatic heterocycles. The highest BCUT2D eigenvalue weighted by atomic mass is 32.2. The number of benzene rings is 1. The van der Waals surface area contributed by atoms with Crippen LogP contribution in [0.15, 0.2) is 59.9 Å². The Kier molecular flexibility index (Phi) is 3.60. The van der Waals surface area contributed by atoms with E-state index in [0.29, 0.717) is 0 Å². The number of rotatable bonds is 4. The highest BCUT2D eigenvalue weighted by Gasteiger charge is 2.18. The maximum absolute atomic E-state index is 5.16. The quantitative estimate of drug-likeness (QED) is 0.919. The van der Waals surface area contributed by atoms with Crippen molar-refractivity contribution in [2.75, 3.05) is 14.2 Å². The molecule has 0 atom stereocenters. The molecule has 3 rings (SSSR count). The van der Waals surface area contributed by atoms with E-state index in [2.05, 4.69) is 34.7 Å². The third-order valence-corrected chi connectivity index (χ3v) is 4.12. The first-order valence-electron chi connectivity index (χ1n) is 6.39. The molecule has 0 spiro atoms. The molecule has 0 fully saturated rings. The molecule has 1 aromatic rings. The van der Waals surface area contributed by atoms with Gasteiger partial charge in [-0.05, 0) is 17.7 Å². The number of thioether (sulfide) groups is 1. The van der Waals surface area contributed by atoms with Gasteiger partial charge in [0.1, 0.15) is 11.6 Å². The summed E-state index contributed by atoms with van der Waals surface area (Å²) < 4.78 is 5.16. The van der Waals surface area contributed by atoms with Gasteiger partial charge in [-0.2, -0.15) is 0 Å². The van der Waals surface area contributed by atoms with Crippen LogP contribution < -0.4 is 10.1 Å². The van der Waals surface area contributed by atoms with Crippen LogP contribution in [-0.2, 0) is 5.75 Å². The summed E-state index contributed by atoms with van der Waals surface area (Å²) in [7, 11) is 3.70. The first kappa shape index (κ1) is 13.0. The molecule has 0 bridgehead atoms. The molecule has 2 aliphatic heterocycles. The van der Waals surface area contributed by atoms with E-state index in [1.165, 1.54) is 5.56 Å². The standard InChI is InChI=1S/C15H17N3OS/c1-17-7-8-18-10-15(16-14(18)9-17)20-11-12-3-5-13(19-2)6-4-12/h3-10,16H,11H2,1-2H3. The molecule has 4 nitrogen and oxygen atoms in total. The zero-order valence-electron chi connectivity index (χ0n) is 11.5. The lowest BCUT2D eigenvalue weighted by molar-refractivity contribution is 0.414. The Balaban J connectivity index is 1.59. The lowest BCUT2D eigenvalue weighted by atomic mass is 10.2. The van der Waals surface area contributed by atoms with Crippen molar-refractivity contribution in [3.63, 3.8) is 0 Å². The Bertz CT molecular complexity index is 577. The van der Waals surface area contributed by atoms with Crippen molar-refractivity contribution >= 4 is 11.8 Å². The van der Waals surface area contributed by atoms with E-state index in [-0.39, 0.29) is 0 Å². The Hall–Kier alpha value is -2.01. The van der Waals surface area contributed by atoms with Gasteiger partial charge in [0.15, 0.2) is 0 Å². The molecule has 2 heterocycles. The minimum atomic E-state index is 0.896. The molecule has 104 valence electrons. The van der Waals surface area contributed by atoms with Gasteiger partial charge in [-0.3, -0.25) is 0 Å². The molecule has 5 heteroatoms. The predicted octanol–water partition coefficient (Wildman–Crippen LogP) is 2.85. The minimum absolute atomic E-state index is 0.896. The van der Waals surface area contributed by atoms with Crippen LogP contribution in [0.25, 0.3) is 0 Å². The van der Waals surface area contributed by atoms with Gasteiger partial charge in [0.05, 0.1) is 12.1 Å². The molecule has 1 aromatic carbocycles. The molecule has 1 N–H and O–H groups in total. The molecular weight excluding hydrogens is 270 g/mol. The Morgan fingerprint density at radius 3 is 2.70 bits per heavy atom. The molecular formula is C15H17N3OS. The second-order valence-corrected chi connectivity index (χ2v) is 5.66. The number of methoxy groups -OCH3 is 1. The van der Waals surface area contributed by atoms with Gasteiger partial charge in [-0.1, -0.05) is 12.1 Å². The second-order valence-electron chi connectivity index (χ2n) is 4.64. The van der Waals surface area contributed by atoms with Crippen LogP contribution in [0.1, 0.15) is 5.56 Å². The van der Waals surface area contributed by atoms with E-state index in [0.717, 1.165) is 22.4 Å². The zero-order valence-corrected chi connectivity index (χ0v) is 12.4. The van der Waals surface area contributed by atoms with E-state index in [1.54, 1.807) is 18.9 Å². The van der Waals surface area contributed by atoms with Crippen LogP contribution in [-0.4, -0.2) is 24.0 Å². The van der Waals surface area contributed by atoms with Gasteiger partial charge in [-0.25, -0.2) is 0 Å². The van der Waals surface area contributed by atoms with E-state index >= 15 is 0 Å². The fourth-order valence-electron chi connectivity index (χ4n) is 2.01. The lowest BCUT2D eigenvalue weighted by Gasteiger charge is -2.21.